The van der Waals surface area contributed by atoms with Crippen LogP contribution in [0.5, 0.6) is 11.5 Å². The molecular weight excluding hydrogens is 410 g/mol. The Morgan fingerprint density at radius 2 is 2.09 bits per heavy atom. The molecule has 2 aromatic heterocycles. The molecule has 0 radical (unpaired) electrons. The first kappa shape index (κ1) is 21.8. The van der Waals surface area contributed by atoms with Crippen molar-refractivity contribution in [2.75, 3.05) is 20.8 Å². The number of methoxy groups -OCH3 is 2. The Kier molecular flexibility index (Phi) is 6.36. The van der Waals surface area contributed by atoms with Gasteiger partial charge in [0, 0.05) is 24.2 Å². The number of rotatable bonds is 9. The average Bonchev–Trinajstić information content (AvgIpc) is 3.59. The predicted molar refractivity (Wildman–Crippen MR) is 118 cm³/mol. The summed E-state index contributed by atoms with van der Waals surface area (Å²) >= 11 is 0. The highest BCUT2D eigenvalue weighted by molar-refractivity contribution is 5.95. The lowest BCUT2D eigenvalue weighted by Gasteiger charge is -2.12. The summed E-state index contributed by atoms with van der Waals surface area (Å²) in [5, 5.41) is 17.0. The number of nitrogens with zero attached hydrogens (tertiary/aromatic N) is 4. The quantitative estimate of drug-likeness (QED) is 0.529. The van der Waals surface area contributed by atoms with Crippen molar-refractivity contribution < 1.29 is 19.4 Å². The van der Waals surface area contributed by atoms with Crippen LogP contribution in [0.3, 0.4) is 0 Å². The van der Waals surface area contributed by atoms with E-state index >= 15 is 0 Å². The molecule has 1 aromatic carbocycles. The van der Waals surface area contributed by atoms with E-state index in [1.165, 1.54) is 0 Å². The van der Waals surface area contributed by atoms with Crippen molar-refractivity contribution in [3.05, 3.63) is 47.9 Å². The molecular formula is C23H27N5O4. The van der Waals surface area contributed by atoms with Crippen LogP contribution in [0.25, 0.3) is 17.2 Å². The molecule has 2 N–H and O–H groups in total. The number of hydrogen-bond acceptors (Lipinski definition) is 7. The first-order valence-electron chi connectivity index (χ1n) is 10.7. The van der Waals surface area contributed by atoms with Crippen LogP contribution >= 0.6 is 0 Å². The van der Waals surface area contributed by atoms with Crippen LogP contribution in [0, 0.1) is 0 Å². The fourth-order valence-corrected chi connectivity index (χ4v) is 3.51. The Balaban J connectivity index is 1.70. The smallest absolute Gasteiger partial charge is 0.254 e. The second kappa shape index (κ2) is 9.35. The first-order chi connectivity index (χ1) is 15.5. The minimum absolute atomic E-state index is 0.201. The number of aromatic nitrogens is 4. The second-order valence-corrected chi connectivity index (χ2v) is 7.71. The van der Waals surface area contributed by atoms with E-state index in [1.54, 1.807) is 37.4 Å². The van der Waals surface area contributed by atoms with Gasteiger partial charge in [0.2, 0.25) is 0 Å². The number of nitrogens with one attached hydrogen (secondary N) is 1. The van der Waals surface area contributed by atoms with Gasteiger partial charge in [0.05, 0.1) is 43.5 Å². The Morgan fingerprint density at radius 1 is 1.28 bits per heavy atom. The Morgan fingerprint density at radius 3 is 2.78 bits per heavy atom. The summed E-state index contributed by atoms with van der Waals surface area (Å²) in [7, 11) is 3.21. The van der Waals surface area contributed by atoms with Crippen molar-refractivity contribution in [1.82, 2.24) is 25.1 Å². The van der Waals surface area contributed by atoms with E-state index < -0.39 is 6.10 Å². The molecule has 0 unspecified atom stereocenters. The van der Waals surface area contributed by atoms with Gasteiger partial charge in [0.25, 0.3) is 11.9 Å². The van der Waals surface area contributed by atoms with Gasteiger partial charge in [-0.3, -0.25) is 4.79 Å². The van der Waals surface area contributed by atoms with Crippen LogP contribution < -0.4 is 14.8 Å². The van der Waals surface area contributed by atoms with Crippen molar-refractivity contribution in [3.8, 4) is 28.7 Å². The van der Waals surface area contributed by atoms with Gasteiger partial charge in [-0.1, -0.05) is 6.92 Å². The molecule has 1 amide bonds. The summed E-state index contributed by atoms with van der Waals surface area (Å²) in [4.78, 5) is 21.9. The third-order valence-electron chi connectivity index (χ3n) is 5.50. The molecule has 3 aromatic rings. The van der Waals surface area contributed by atoms with E-state index in [0.717, 1.165) is 24.1 Å². The van der Waals surface area contributed by atoms with Crippen LogP contribution in [0.15, 0.2) is 36.7 Å². The second-order valence-electron chi connectivity index (χ2n) is 7.71. The number of ether oxygens (including phenoxy) is 2. The van der Waals surface area contributed by atoms with Crippen LogP contribution in [-0.4, -0.2) is 57.6 Å². The summed E-state index contributed by atoms with van der Waals surface area (Å²) in [5.74, 6) is 1.70. The summed E-state index contributed by atoms with van der Waals surface area (Å²) in [5.41, 5.74) is 2.70. The lowest BCUT2D eigenvalue weighted by atomic mass is 10.1. The minimum atomic E-state index is -0.573. The van der Waals surface area contributed by atoms with Gasteiger partial charge in [0.15, 0.2) is 0 Å². The molecule has 168 valence electrons. The molecule has 0 aliphatic heterocycles. The van der Waals surface area contributed by atoms with Crippen LogP contribution in [0.2, 0.25) is 0 Å². The molecule has 9 heteroatoms. The average molecular weight is 438 g/mol. The molecule has 0 bridgehead atoms. The standard InChI is InChI=1S/C23H27N5O4/c1-4-15(29)12-25-22(30)18-13-26-28(21(18)14-5-6-14)23-24-10-9-19(27-23)17-11-16(31-2)7-8-20(17)32-3/h7-11,13-15,29H,4-6,12H2,1-3H3,(H,25,30)/t15-/m1/s1. The zero-order valence-corrected chi connectivity index (χ0v) is 18.4. The topological polar surface area (TPSA) is 111 Å². The summed E-state index contributed by atoms with van der Waals surface area (Å²) < 4.78 is 12.5. The van der Waals surface area contributed by atoms with Crippen molar-refractivity contribution in [3.63, 3.8) is 0 Å². The SMILES string of the molecule is CC[C@@H](O)CNC(=O)c1cnn(-c2nccc(-c3cc(OC)ccc3OC)n2)c1C1CC1. The number of carbonyl (C=O) groups is 1. The molecule has 4 rings (SSSR count). The molecule has 32 heavy (non-hydrogen) atoms. The van der Waals surface area contributed by atoms with Gasteiger partial charge in [-0.15, -0.1) is 0 Å². The Labute approximate surface area is 186 Å². The van der Waals surface area contributed by atoms with Gasteiger partial charge < -0.3 is 19.9 Å². The largest absolute Gasteiger partial charge is 0.497 e. The van der Waals surface area contributed by atoms with E-state index in [-0.39, 0.29) is 18.4 Å². The molecule has 1 fully saturated rings. The molecule has 0 spiro atoms. The summed E-state index contributed by atoms with van der Waals surface area (Å²) in [6.07, 6.45) is 5.16. The van der Waals surface area contributed by atoms with Gasteiger partial charge in [-0.25, -0.2) is 14.6 Å². The van der Waals surface area contributed by atoms with Crippen molar-refractivity contribution in [2.24, 2.45) is 0 Å². The van der Waals surface area contributed by atoms with E-state index in [0.29, 0.717) is 35.1 Å². The lowest BCUT2D eigenvalue weighted by Crippen LogP contribution is -2.32. The first-order valence-corrected chi connectivity index (χ1v) is 10.7. The number of carbonyl (C=O) groups excluding carboxylic acids is 1. The van der Waals surface area contributed by atoms with Gasteiger partial charge >= 0.3 is 0 Å². The molecule has 1 aliphatic rings. The van der Waals surface area contributed by atoms with E-state index in [9.17, 15) is 9.90 Å². The minimum Gasteiger partial charge on any atom is -0.497 e. The van der Waals surface area contributed by atoms with Crippen LogP contribution in [-0.2, 0) is 0 Å². The maximum absolute atomic E-state index is 12.8. The van der Waals surface area contributed by atoms with Gasteiger partial charge in [0.1, 0.15) is 11.5 Å². The molecule has 1 saturated carbocycles. The molecule has 2 heterocycles. The highest BCUT2D eigenvalue weighted by Crippen LogP contribution is 2.42. The van der Waals surface area contributed by atoms with E-state index in [2.05, 4.69) is 15.4 Å². The normalized spacial score (nSPS) is 14.1. The van der Waals surface area contributed by atoms with Gasteiger partial charge in [-0.2, -0.15) is 5.10 Å². The van der Waals surface area contributed by atoms with E-state index in [1.807, 2.05) is 25.1 Å². The summed E-state index contributed by atoms with van der Waals surface area (Å²) in [6, 6.07) is 7.30. The summed E-state index contributed by atoms with van der Waals surface area (Å²) in [6.45, 7) is 2.07. The fraction of sp³-hybridized carbons (Fsp3) is 0.391. The highest BCUT2D eigenvalue weighted by atomic mass is 16.5. The number of aliphatic hydroxyl groups is 1. The van der Waals surface area contributed by atoms with Crippen LogP contribution in [0.4, 0.5) is 0 Å². The molecule has 1 atom stereocenters. The molecule has 1 aliphatic carbocycles. The molecule has 9 nitrogen and oxygen atoms in total. The van der Waals surface area contributed by atoms with Crippen molar-refractivity contribution in [1.29, 1.82) is 0 Å². The Hall–Kier alpha value is -3.46. The zero-order valence-electron chi connectivity index (χ0n) is 18.4. The zero-order chi connectivity index (χ0) is 22.7. The predicted octanol–water partition coefficient (Wildman–Crippen LogP) is 2.72. The third-order valence-corrected chi connectivity index (χ3v) is 5.50. The lowest BCUT2D eigenvalue weighted by molar-refractivity contribution is 0.0913. The number of amides is 1. The van der Waals surface area contributed by atoms with Crippen LogP contribution in [0.1, 0.15) is 48.2 Å². The fourth-order valence-electron chi connectivity index (χ4n) is 3.51. The molecule has 0 saturated heterocycles. The maximum atomic E-state index is 12.8. The number of benzene rings is 1. The maximum Gasteiger partial charge on any atom is 0.254 e. The highest BCUT2D eigenvalue weighted by Gasteiger charge is 2.33. The third kappa shape index (κ3) is 4.43. The van der Waals surface area contributed by atoms with E-state index in [4.69, 9.17) is 14.5 Å². The van der Waals surface area contributed by atoms with Crippen molar-refractivity contribution in [2.45, 2.75) is 38.2 Å². The van der Waals surface area contributed by atoms with Crippen molar-refractivity contribution >= 4 is 5.91 Å². The number of aliphatic hydroxyl groups excluding tert-OH is 1. The monoisotopic (exact) mass is 437 g/mol. The van der Waals surface area contributed by atoms with Gasteiger partial charge in [-0.05, 0) is 43.5 Å². The number of hydrogen-bond donors (Lipinski definition) is 2. The Bertz CT molecular complexity index is 1110.